The van der Waals surface area contributed by atoms with Crippen LogP contribution in [0.25, 0.3) is 0 Å². The Bertz CT molecular complexity index is 766. The van der Waals surface area contributed by atoms with E-state index in [0.717, 1.165) is 31.1 Å². The fourth-order valence-corrected chi connectivity index (χ4v) is 3.07. The molecule has 0 bridgehead atoms. The summed E-state index contributed by atoms with van der Waals surface area (Å²) in [5.74, 6) is -0.110. The number of carbonyl (C=O) groups excluding carboxylic acids is 1. The van der Waals surface area contributed by atoms with Gasteiger partial charge < -0.3 is 4.90 Å². The van der Waals surface area contributed by atoms with Crippen LogP contribution in [0.2, 0.25) is 5.02 Å². The van der Waals surface area contributed by atoms with Gasteiger partial charge in [-0.1, -0.05) is 23.7 Å². The van der Waals surface area contributed by atoms with Crippen molar-refractivity contribution in [3.63, 3.8) is 0 Å². The Labute approximate surface area is 145 Å². The number of amides is 1. The van der Waals surface area contributed by atoms with E-state index in [-0.39, 0.29) is 11.5 Å². The van der Waals surface area contributed by atoms with Crippen molar-refractivity contribution in [3.05, 3.63) is 57.0 Å². The molecule has 1 N–H and O–H groups in total. The van der Waals surface area contributed by atoms with E-state index in [1.54, 1.807) is 7.05 Å². The van der Waals surface area contributed by atoms with Crippen LogP contribution >= 0.6 is 11.6 Å². The third kappa shape index (κ3) is 3.88. The third-order valence-electron chi connectivity index (χ3n) is 4.31. The average molecular weight is 349 g/mol. The summed E-state index contributed by atoms with van der Waals surface area (Å²) < 4.78 is 1.32. The lowest BCUT2D eigenvalue weighted by Crippen LogP contribution is -2.35. The highest BCUT2D eigenvalue weighted by molar-refractivity contribution is 6.30. The van der Waals surface area contributed by atoms with Crippen molar-refractivity contribution in [1.29, 1.82) is 0 Å². The molecule has 1 saturated heterocycles. The lowest BCUT2D eigenvalue weighted by molar-refractivity contribution is 0.0754. The van der Waals surface area contributed by atoms with Crippen molar-refractivity contribution in [2.75, 3.05) is 26.2 Å². The second-order valence-corrected chi connectivity index (χ2v) is 6.55. The maximum atomic E-state index is 12.5. The molecular formula is C17H21ClN4O2. The quantitative estimate of drug-likeness (QED) is 0.918. The van der Waals surface area contributed by atoms with E-state index in [1.807, 2.05) is 29.2 Å². The van der Waals surface area contributed by atoms with Crippen LogP contribution in [-0.4, -0.2) is 51.7 Å². The molecule has 128 valence electrons. The minimum absolute atomic E-state index is 0.110. The van der Waals surface area contributed by atoms with Gasteiger partial charge in [0.2, 0.25) is 0 Å². The first-order valence-corrected chi connectivity index (χ1v) is 8.43. The van der Waals surface area contributed by atoms with E-state index < -0.39 is 0 Å². The van der Waals surface area contributed by atoms with Crippen LogP contribution < -0.4 is 5.56 Å². The molecule has 1 aliphatic rings. The van der Waals surface area contributed by atoms with Gasteiger partial charge in [0.15, 0.2) is 0 Å². The van der Waals surface area contributed by atoms with Crippen molar-refractivity contribution in [2.45, 2.75) is 13.0 Å². The van der Waals surface area contributed by atoms with Gasteiger partial charge >= 0.3 is 0 Å². The van der Waals surface area contributed by atoms with Crippen LogP contribution in [0.3, 0.4) is 0 Å². The van der Waals surface area contributed by atoms with Crippen molar-refractivity contribution >= 4 is 17.5 Å². The fourth-order valence-electron chi connectivity index (χ4n) is 2.95. The molecular weight excluding hydrogens is 328 g/mol. The number of nitrogens with one attached hydrogen (secondary N) is 1. The number of benzene rings is 1. The van der Waals surface area contributed by atoms with Crippen LogP contribution in [0.15, 0.2) is 35.1 Å². The number of carbonyl (C=O) groups is 1. The normalized spacial score (nSPS) is 16.2. The number of H-pyrrole nitrogens is 1. The number of nitrogens with zero attached hydrogens (tertiary/aromatic N) is 3. The summed E-state index contributed by atoms with van der Waals surface area (Å²) in [5.41, 5.74) is 1.37. The first kappa shape index (κ1) is 16.8. The van der Waals surface area contributed by atoms with Gasteiger partial charge in [-0.15, -0.1) is 0 Å². The van der Waals surface area contributed by atoms with Gasteiger partial charge in [0.1, 0.15) is 5.69 Å². The van der Waals surface area contributed by atoms with E-state index in [0.29, 0.717) is 18.8 Å². The highest BCUT2D eigenvalue weighted by Crippen LogP contribution is 2.13. The molecule has 3 rings (SSSR count). The number of halogens is 1. The SMILES string of the molecule is Cn1[nH]c(C(=O)N2CCCN(Cc3ccc(Cl)cc3)CC2)cc1=O. The van der Waals surface area contributed by atoms with E-state index in [4.69, 9.17) is 11.6 Å². The number of hydrogen-bond donors (Lipinski definition) is 1. The average Bonchev–Trinajstić information content (AvgIpc) is 2.77. The largest absolute Gasteiger partial charge is 0.336 e. The van der Waals surface area contributed by atoms with Gasteiger partial charge in [0, 0.05) is 50.9 Å². The number of aromatic nitrogens is 2. The first-order valence-electron chi connectivity index (χ1n) is 8.05. The molecule has 0 saturated carbocycles. The van der Waals surface area contributed by atoms with Crippen LogP contribution in [0, 0.1) is 0 Å². The summed E-state index contributed by atoms with van der Waals surface area (Å²) in [6.07, 6.45) is 0.913. The zero-order valence-corrected chi connectivity index (χ0v) is 14.4. The molecule has 7 heteroatoms. The highest BCUT2D eigenvalue weighted by atomic mass is 35.5. The second-order valence-electron chi connectivity index (χ2n) is 6.12. The van der Waals surface area contributed by atoms with E-state index in [9.17, 15) is 9.59 Å². The summed E-state index contributed by atoms with van der Waals surface area (Å²) >= 11 is 5.92. The minimum Gasteiger partial charge on any atom is -0.336 e. The number of hydrogen-bond acceptors (Lipinski definition) is 3. The molecule has 0 unspecified atom stereocenters. The molecule has 0 atom stereocenters. The van der Waals surface area contributed by atoms with Crippen LogP contribution in [0.5, 0.6) is 0 Å². The number of aromatic amines is 1. The Morgan fingerprint density at radius 2 is 1.92 bits per heavy atom. The molecule has 24 heavy (non-hydrogen) atoms. The Balaban J connectivity index is 1.61. The lowest BCUT2D eigenvalue weighted by Gasteiger charge is -2.21. The molecule has 1 aromatic carbocycles. The molecule has 6 nitrogen and oxygen atoms in total. The molecule has 0 spiro atoms. The van der Waals surface area contributed by atoms with Crippen LogP contribution in [-0.2, 0) is 13.6 Å². The van der Waals surface area contributed by atoms with Gasteiger partial charge in [0.25, 0.3) is 11.5 Å². The highest BCUT2D eigenvalue weighted by Gasteiger charge is 2.22. The predicted octanol–water partition coefficient (Wildman–Crippen LogP) is 1.71. The zero-order chi connectivity index (χ0) is 17.1. The van der Waals surface area contributed by atoms with Gasteiger partial charge in [-0.3, -0.25) is 24.3 Å². The van der Waals surface area contributed by atoms with Crippen molar-refractivity contribution in [3.8, 4) is 0 Å². The van der Waals surface area contributed by atoms with Gasteiger partial charge in [-0.05, 0) is 24.1 Å². The molecule has 2 heterocycles. The lowest BCUT2D eigenvalue weighted by atomic mass is 10.2. The Morgan fingerprint density at radius 1 is 1.17 bits per heavy atom. The summed E-state index contributed by atoms with van der Waals surface area (Å²) in [6.45, 7) is 3.96. The zero-order valence-electron chi connectivity index (χ0n) is 13.7. The van der Waals surface area contributed by atoms with Crippen LogP contribution in [0.1, 0.15) is 22.5 Å². The van der Waals surface area contributed by atoms with Gasteiger partial charge in [-0.2, -0.15) is 0 Å². The minimum atomic E-state index is -0.197. The molecule has 1 fully saturated rings. The molecule has 1 aliphatic heterocycles. The van der Waals surface area contributed by atoms with E-state index in [2.05, 4.69) is 10.00 Å². The molecule has 0 radical (unpaired) electrons. The maximum absolute atomic E-state index is 12.5. The van der Waals surface area contributed by atoms with Gasteiger partial charge in [-0.25, -0.2) is 0 Å². The topological polar surface area (TPSA) is 61.3 Å². The molecule has 1 amide bonds. The first-order chi connectivity index (χ1) is 11.5. The number of aryl methyl sites for hydroxylation is 1. The molecule has 0 aliphatic carbocycles. The van der Waals surface area contributed by atoms with Crippen molar-refractivity contribution in [2.24, 2.45) is 7.05 Å². The predicted molar refractivity (Wildman–Crippen MR) is 93.3 cm³/mol. The second kappa shape index (κ2) is 7.23. The summed E-state index contributed by atoms with van der Waals surface area (Å²) in [5, 5.41) is 3.54. The van der Waals surface area contributed by atoms with Crippen LogP contribution in [0.4, 0.5) is 0 Å². The van der Waals surface area contributed by atoms with Gasteiger partial charge in [0.05, 0.1) is 0 Å². The summed E-state index contributed by atoms with van der Waals surface area (Å²) in [4.78, 5) is 28.2. The molecule has 2 aromatic rings. The van der Waals surface area contributed by atoms with Crippen molar-refractivity contribution in [1.82, 2.24) is 19.6 Å². The Kier molecular flexibility index (Phi) is 5.06. The van der Waals surface area contributed by atoms with E-state index in [1.165, 1.54) is 16.3 Å². The Morgan fingerprint density at radius 3 is 2.58 bits per heavy atom. The smallest absolute Gasteiger partial charge is 0.271 e. The summed E-state index contributed by atoms with van der Waals surface area (Å²) in [7, 11) is 1.61. The summed E-state index contributed by atoms with van der Waals surface area (Å²) in [6, 6.07) is 9.22. The number of rotatable bonds is 3. The maximum Gasteiger partial charge on any atom is 0.271 e. The van der Waals surface area contributed by atoms with E-state index >= 15 is 0 Å². The Hall–Kier alpha value is -2.05. The standard InChI is InChI=1S/C17H21ClN4O2/c1-20-16(23)11-15(19-20)17(24)22-8-2-7-21(9-10-22)12-13-3-5-14(18)6-4-13/h3-6,11,19H,2,7-10,12H2,1H3. The fraction of sp³-hybridized carbons (Fsp3) is 0.412. The van der Waals surface area contributed by atoms with Crippen molar-refractivity contribution < 1.29 is 4.79 Å². The third-order valence-corrected chi connectivity index (χ3v) is 4.56. The monoisotopic (exact) mass is 348 g/mol. The molecule has 1 aromatic heterocycles.